The first-order valence-electron chi connectivity index (χ1n) is 41.3. The quantitative estimate of drug-likeness (QED) is 0.0350. The van der Waals surface area contributed by atoms with Crippen LogP contribution in [0.3, 0.4) is 0 Å². The maximum atomic E-state index is 14.9. The molecule has 21 rings (SSSR count). The Hall–Kier alpha value is -13.4. The number of carbonyl (C=O) groups is 8. The number of carboxylic acid groups (broad SMARTS) is 1. The molecular formula is C95H84F7IN14O9. The molecule has 31 heteroatoms. The number of rotatable bonds is 16. The van der Waals surface area contributed by atoms with Crippen molar-refractivity contribution in [2.75, 3.05) is 9.80 Å². The summed E-state index contributed by atoms with van der Waals surface area (Å²) in [4.78, 5) is 98.8. The number of benzene rings is 10. The van der Waals surface area contributed by atoms with Crippen LogP contribution >= 0.6 is 22.6 Å². The first-order valence-corrected chi connectivity index (χ1v) is 42.4. The molecule has 126 heavy (non-hydrogen) atoms. The predicted molar refractivity (Wildman–Crippen MR) is 464 cm³/mol. The van der Waals surface area contributed by atoms with Gasteiger partial charge in [0.15, 0.2) is 0 Å². The van der Waals surface area contributed by atoms with Gasteiger partial charge in [0.1, 0.15) is 40.7 Å². The number of hydrogen-bond donors (Lipinski definition) is 7. The summed E-state index contributed by atoms with van der Waals surface area (Å²) in [7, 11) is 0. The van der Waals surface area contributed by atoms with Crippen LogP contribution in [0.4, 0.5) is 42.1 Å². The van der Waals surface area contributed by atoms with Crippen molar-refractivity contribution in [2.24, 2.45) is 29.4 Å². The van der Waals surface area contributed by atoms with Gasteiger partial charge in [0.2, 0.25) is 41.4 Å². The van der Waals surface area contributed by atoms with Crippen LogP contribution in [0.2, 0.25) is 0 Å². The van der Waals surface area contributed by atoms with Crippen molar-refractivity contribution in [3.05, 3.63) is 310 Å². The largest absolute Gasteiger partial charge is 0.481 e. The number of fused-ring (bicyclic) bond motifs is 3. The fourth-order valence-electron chi connectivity index (χ4n) is 16.0. The molecule has 23 nitrogen and oxygen atoms in total. The van der Waals surface area contributed by atoms with Crippen LogP contribution in [-0.2, 0) is 38.4 Å². The molecule has 4 aliphatic carbocycles. The van der Waals surface area contributed by atoms with Crippen molar-refractivity contribution in [3.63, 3.8) is 0 Å². The van der Waals surface area contributed by atoms with Gasteiger partial charge in [-0.15, -0.1) is 0 Å². The van der Waals surface area contributed by atoms with Crippen molar-refractivity contribution in [2.45, 2.75) is 125 Å². The molecule has 8 aliphatic rings. The number of nitrogens with two attached hydrogens (primary N) is 1. The van der Waals surface area contributed by atoms with Crippen LogP contribution in [0.5, 0.6) is 0 Å². The molecule has 7 amide bonds. The second-order valence-electron chi connectivity index (χ2n) is 32.1. The van der Waals surface area contributed by atoms with Crippen LogP contribution in [0.1, 0.15) is 123 Å². The maximum absolute atomic E-state index is 14.9. The predicted octanol–water partition coefficient (Wildman–Crippen LogP) is 15.6. The normalized spacial score (nSPS) is 20.4. The Balaban J connectivity index is 0.000000119. The zero-order valence-corrected chi connectivity index (χ0v) is 69.6. The highest BCUT2D eigenvalue weighted by Crippen LogP contribution is 2.44. The molecule has 4 saturated heterocycles. The number of nitrogens with one attached hydrogen (secondary N) is 5. The third-order valence-electron chi connectivity index (χ3n) is 23.0. The molecule has 13 aromatic rings. The molecule has 8 N–H and O–H groups in total. The van der Waals surface area contributed by atoms with E-state index in [0.717, 1.165) is 89.8 Å². The van der Waals surface area contributed by atoms with Crippen LogP contribution in [-0.4, -0.2) is 106 Å². The number of anilines is 2. The lowest BCUT2D eigenvalue weighted by molar-refractivity contribution is -0.138. The van der Waals surface area contributed by atoms with E-state index in [4.69, 9.17) is 10.8 Å². The summed E-state index contributed by atoms with van der Waals surface area (Å²) in [5.74, 6) is -3.84. The van der Waals surface area contributed by atoms with E-state index in [1.165, 1.54) is 64.2 Å². The van der Waals surface area contributed by atoms with Crippen LogP contribution in [0, 0.1) is 68.0 Å². The maximum Gasteiger partial charge on any atom is 0.306 e. The molecule has 4 aliphatic heterocycles. The molecule has 644 valence electrons. The Morgan fingerprint density at radius 2 is 0.690 bits per heavy atom. The lowest BCUT2D eigenvalue weighted by Crippen LogP contribution is -2.41. The van der Waals surface area contributed by atoms with E-state index >= 15 is 0 Å². The Kier molecular flexibility index (Phi) is 25.7. The SMILES string of the molecule is Fc1ccc(-n2ncc3cc(I)ccc32)cc1.N[C@H]1CC(=O)NC1c1ccccc1F.O=C(N[C@@H]1CC(=O)N(c2ccc3c(cnn3-c3ccc(F)cc3)c2)[C@H]1c1ccccc1F)C1CC1.O=C(N[C@H]1CC(=O)N(c2ccc3c(cnn3-c3ccc(F)cc3)c2)[C@@H]1c1ccccc1F)C1CC1.O=C(O)C1CC1.O=C1C[C@H](NC(=O)C2CC2)C(c2ccccc2F)N1. The minimum atomic E-state index is -0.670. The molecule has 8 fully saturated rings. The topological polar surface area (TPSA) is 303 Å². The molecule has 8 atom stereocenters. The lowest BCUT2D eigenvalue weighted by Gasteiger charge is -2.29. The summed E-state index contributed by atoms with van der Waals surface area (Å²) in [6.45, 7) is 0. The molecular weight excluding hydrogens is 1740 g/mol. The molecule has 3 aromatic heterocycles. The van der Waals surface area contributed by atoms with Gasteiger partial charge >= 0.3 is 5.97 Å². The number of carboxylic acids is 1. The van der Waals surface area contributed by atoms with E-state index in [1.54, 1.807) is 153 Å². The number of aromatic nitrogens is 6. The van der Waals surface area contributed by atoms with Gasteiger partial charge in [-0.05, 0) is 226 Å². The van der Waals surface area contributed by atoms with Gasteiger partial charge in [0.25, 0.3) is 0 Å². The minimum absolute atomic E-state index is 0.0185. The van der Waals surface area contributed by atoms with Crippen molar-refractivity contribution in [1.82, 2.24) is 55.9 Å². The smallest absolute Gasteiger partial charge is 0.306 e. The summed E-state index contributed by atoms with van der Waals surface area (Å²) in [5, 5.41) is 38.1. The summed E-state index contributed by atoms with van der Waals surface area (Å²) in [6, 6.07) is 56.9. The Bertz CT molecular complexity index is 6060. The summed E-state index contributed by atoms with van der Waals surface area (Å²) < 4.78 is 103. The third-order valence-corrected chi connectivity index (χ3v) is 23.7. The first-order chi connectivity index (χ1) is 60.9. The number of aliphatic carboxylic acids is 1. The minimum Gasteiger partial charge on any atom is -0.481 e. The lowest BCUT2D eigenvalue weighted by atomic mass is 9.98. The third kappa shape index (κ3) is 19.9. The fraction of sp³-hybridized carbons (Fsp3) is 0.253. The Labute approximate surface area is 731 Å². The highest BCUT2D eigenvalue weighted by Gasteiger charge is 2.48. The van der Waals surface area contributed by atoms with Gasteiger partial charge in [-0.2, -0.15) is 15.3 Å². The number of halogens is 8. The van der Waals surface area contributed by atoms with Gasteiger partial charge < -0.3 is 47.2 Å². The molecule has 2 unspecified atom stereocenters. The van der Waals surface area contributed by atoms with E-state index in [9.17, 15) is 69.1 Å². The van der Waals surface area contributed by atoms with Crippen LogP contribution in [0.25, 0.3) is 49.8 Å². The second kappa shape index (κ2) is 37.6. The average molecular weight is 1830 g/mol. The monoisotopic (exact) mass is 1820 g/mol. The van der Waals surface area contributed by atoms with Crippen molar-refractivity contribution < 1.29 is 74.2 Å². The zero-order valence-electron chi connectivity index (χ0n) is 67.4. The number of nitrogens with zero attached hydrogens (tertiary/aromatic N) is 8. The molecule has 7 heterocycles. The van der Waals surface area contributed by atoms with E-state index in [1.807, 2.05) is 47.3 Å². The van der Waals surface area contributed by atoms with E-state index in [0.29, 0.717) is 45.0 Å². The molecule has 0 bridgehead atoms. The van der Waals surface area contributed by atoms with Gasteiger partial charge in [0.05, 0.1) is 100 Å². The zero-order chi connectivity index (χ0) is 88.1. The van der Waals surface area contributed by atoms with E-state index < -0.39 is 47.8 Å². The van der Waals surface area contributed by atoms with Crippen molar-refractivity contribution >= 4 is 114 Å². The van der Waals surface area contributed by atoms with Gasteiger partial charge in [-0.25, -0.2) is 44.8 Å². The fourth-order valence-corrected chi connectivity index (χ4v) is 16.5. The molecule has 4 saturated carbocycles. The number of amides is 7. The molecule has 0 spiro atoms. The van der Waals surface area contributed by atoms with Gasteiger partial charge in [-0.3, -0.25) is 38.4 Å². The summed E-state index contributed by atoms with van der Waals surface area (Å²) in [5.41, 5.74) is 13.4. The van der Waals surface area contributed by atoms with E-state index in [-0.39, 0.29) is 138 Å². The van der Waals surface area contributed by atoms with Crippen LogP contribution in [0.15, 0.2) is 243 Å². The highest BCUT2D eigenvalue weighted by atomic mass is 127. The highest BCUT2D eigenvalue weighted by molar-refractivity contribution is 14.1. The van der Waals surface area contributed by atoms with Gasteiger partial charge in [-0.1, -0.05) is 72.8 Å². The van der Waals surface area contributed by atoms with Gasteiger partial charge in [0, 0.05) is 103 Å². The Morgan fingerprint density at radius 3 is 1.03 bits per heavy atom. The van der Waals surface area contributed by atoms with Crippen LogP contribution < -0.4 is 42.1 Å². The average Bonchev–Trinajstić information content (AvgIpc) is 1.60. The second-order valence-corrected chi connectivity index (χ2v) is 33.4. The number of carbonyl (C=O) groups excluding carboxylic acids is 7. The van der Waals surface area contributed by atoms with Crippen molar-refractivity contribution in [1.29, 1.82) is 0 Å². The number of hydrogen-bond acceptors (Lipinski definition) is 12. The Morgan fingerprint density at radius 1 is 0.373 bits per heavy atom. The summed E-state index contributed by atoms with van der Waals surface area (Å²) >= 11 is 2.27. The molecule has 10 aromatic carbocycles. The summed E-state index contributed by atoms with van der Waals surface area (Å²) in [6.07, 6.45) is 12.8. The van der Waals surface area contributed by atoms with Crippen molar-refractivity contribution in [3.8, 4) is 17.1 Å². The molecule has 0 radical (unpaired) electrons. The first kappa shape index (κ1) is 86.1. The standard InChI is InChI=1S/2C27H22F2N4O2.C14H15FN2O2.C13H8FIN2.C10H11FN2O.C4H6O2/c2*28-18-7-9-19(10-8-18)33-24-12-11-20(13-17(24)15-30-33)32-25(34)14-23(31-27(35)16-5-6-16)26(32)21-3-1-2-4-22(21)29;15-10-4-2-1-3-9(10)13-11(7-12(18)17-13)16-14(19)8-5-6-8;14-10-1-4-12(5-2-10)17-13-6-3-11(15)7-9(13)8-16-17;11-7-4-2-1-3-6(7)10-8(12)5-9(14)13-10;5-4(6)3-1-2-3/h2*1-4,7-13,15-16,23,26H,5-6,14H2,(H,31,35);1-4,8,11,13H,5-7H2,(H,16,19)(H,17,18);1-8H;1-4,8,10H,5,12H2,(H,13,14);3H,1-2H2,(H,5,6)/t2*23-,26+;11-,13?;;8-,10?;/m100.0./s1. The van der Waals surface area contributed by atoms with E-state index in [2.05, 4.69) is 70.5 Å².